The number of ether oxygens (including phenoxy) is 3. The second kappa shape index (κ2) is 11.2. The molecule has 3 rings (SSSR count). The number of benzene rings is 2. The van der Waals surface area contributed by atoms with Crippen LogP contribution in [0.15, 0.2) is 35.2 Å². The Morgan fingerprint density at radius 3 is 2.55 bits per heavy atom. The van der Waals surface area contributed by atoms with Crippen LogP contribution < -0.4 is 9.47 Å². The van der Waals surface area contributed by atoms with E-state index in [9.17, 15) is 14.4 Å². The van der Waals surface area contributed by atoms with Gasteiger partial charge in [-0.05, 0) is 54.6 Å². The summed E-state index contributed by atoms with van der Waals surface area (Å²) in [5.74, 6) is -0.638. The van der Waals surface area contributed by atoms with E-state index in [1.54, 1.807) is 37.3 Å². The molecule has 0 spiro atoms. The maximum absolute atomic E-state index is 12.6. The van der Waals surface area contributed by atoms with E-state index in [1.165, 1.54) is 13.2 Å². The van der Waals surface area contributed by atoms with Crippen molar-refractivity contribution in [2.75, 3.05) is 20.3 Å². The van der Waals surface area contributed by atoms with Gasteiger partial charge in [0.25, 0.3) is 11.1 Å². The summed E-state index contributed by atoms with van der Waals surface area (Å²) in [7, 11) is 1.45. The topological polar surface area (TPSA) is 82.1 Å². The predicted octanol–water partition coefficient (Wildman–Crippen LogP) is 5.83. The van der Waals surface area contributed by atoms with Crippen LogP contribution in [0.4, 0.5) is 4.79 Å². The fourth-order valence-electron chi connectivity index (χ4n) is 2.88. The molecule has 1 aliphatic heterocycles. The summed E-state index contributed by atoms with van der Waals surface area (Å²) < 4.78 is 16.0. The SMILES string of the molecule is CCOC(=O)CN1C(=O)S/C(=C/c2cc(Cl)c(OCc3ccc(Cl)cc3Cl)c(OC)c2)C1=O. The fraction of sp³-hybridized carbons (Fsp3) is 0.227. The molecule has 2 aromatic carbocycles. The Balaban J connectivity index is 1.80. The molecule has 0 aliphatic carbocycles. The standard InChI is InChI=1S/C22H18Cl3NO6S/c1-3-31-19(27)10-26-21(28)18(33-22(26)29)8-12-6-16(25)20(17(7-12)30-2)32-11-13-4-5-14(23)9-15(13)24/h4-9H,3,10-11H2,1-2H3/b18-8+. The summed E-state index contributed by atoms with van der Waals surface area (Å²) in [5, 5.41) is 0.636. The summed E-state index contributed by atoms with van der Waals surface area (Å²) in [6.07, 6.45) is 1.49. The number of hydrogen-bond acceptors (Lipinski definition) is 7. The van der Waals surface area contributed by atoms with Gasteiger partial charge in [0.2, 0.25) is 0 Å². The highest BCUT2D eigenvalue weighted by Crippen LogP contribution is 2.39. The Morgan fingerprint density at radius 1 is 1.12 bits per heavy atom. The van der Waals surface area contributed by atoms with Gasteiger partial charge >= 0.3 is 5.97 Å². The van der Waals surface area contributed by atoms with Gasteiger partial charge in [-0.1, -0.05) is 40.9 Å². The summed E-state index contributed by atoms with van der Waals surface area (Å²) in [6.45, 7) is 1.47. The van der Waals surface area contributed by atoms with Crippen LogP contribution in [0.3, 0.4) is 0 Å². The number of rotatable bonds is 8. The summed E-state index contributed by atoms with van der Waals surface area (Å²) in [4.78, 5) is 37.4. The number of methoxy groups -OCH3 is 1. The molecule has 1 heterocycles. The lowest BCUT2D eigenvalue weighted by molar-refractivity contribution is -0.145. The van der Waals surface area contributed by atoms with Gasteiger partial charge < -0.3 is 14.2 Å². The van der Waals surface area contributed by atoms with E-state index in [-0.39, 0.29) is 28.9 Å². The van der Waals surface area contributed by atoms with Crippen molar-refractivity contribution in [2.45, 2.75) is 13.5 Å². The minimum atomic E-state index is -0.659. The van der Waals surface area contributed by atoms with Crippen molar-refractivity contribution < 1.29 is 28.6 Å². The van der Waals surface area contributed by atoms with Crippen LogP contribution in [0.1, 0.15) is 18.1 Å². The zero-order valence-corrected chi connectivity index (χ0v) is 20.6. The highest BCUT2D eigenvalue weighted by atomic mass is 35.5. The molecular weight excluding hydrogens is 513 g/mol. The van der Waals surface area contributed by atoms with Crippen molar-refractivity contribution in [1.82, 2.24) is 4.90 Å². The van der Waals surface area contributed by atoms with Gasteiger partial charge in [0.15, 0.2) is 11.5 Å². The molecule has 11 heteroatoms. The molecule has 0 aromatic heterocycles. The van der Waals surface area contributed by atoms with Crippen LogP contribution in [0, 0.1) is 0 Å². The third kappa shape index (κ3) is 6.14. The van der Waals surface area contributed by atoms with E-state index in [2.05, 4.69) is 0 Å². The number of carbonyl (C=O) groups is 3. The number of esters is 1. The van der Waals surface area contributed by atoms with Crippen molar-refractivity contribution in [2.24, 2.45) is 0 Å². The lowest BCUT2D eigenvalue weighted by Gasteiger charge is -2.14. The van der Waals surface area contributed by atoms with Crippen molar-refractivity contribution in [3.63, 3.8) is 0 Å². The first kappa shape index (κ1) is 25.2. The molecule has 7 nitrogen and oxygen atoms in total. The van der Waals surface area contributed by atoms with Gasteiger partial charge in [0.05, 0.1) is 23.6 Å². The lowest BCUT2D eigenvalue weighted by atomic mass is 10.1. The Hall–Kier alpha value is -2.39. The number of imide groups is 1. The highest BCUT2D eigenvalue weighted by molar-refractivity contribution is 8.18. The van der Waals surface area contributed by atoms with E-state index in [4.69, 9.17) is 49.0 Å². The minimum Gasteiger partial charge on any atom is -0.493 e. The predicted molar refractivity (Wildman–Crippen MR) is 128 cm³/mol. The molecule has 1 saturated heterocycles. The first-order valence-corrected chi connectivity index (χ1v) is 11.5. The van der Waals surface area contributed by atoms with Crippen LogP contribution >= 0.6 is 46.6 Å². The van der Waals surface area contributed by atoms with Crippen LogP contribution in [-0.2, 0) is 20.9 Å². The average molecular weight is 531 g/mol. The van der Waals surface area contributed by atoms with Crippen molar-refractivity contribution in [3.8, 4) is 11.5 Å². The lowest BCUT2D eigenvalue weighted by Crippen LogP contribution is -2.34. The van der Waals surface area contributed by atoms with Crippen LogP contribution in [0.5, 0.6) is 11.5 Å². The Bertz CT molecular complexity index is 1140. The van der Waals surface area contributed by atoms with Crippen LogP contribution in [0.25, 0.3) is 6.08 Å². The van der Waals surface area contributed by atoms with Gasteiger partial charge in [-0.2, -0.15) is 0 Å². The third-order valence-corrected chi connectivity index (χ3v) is 6.18. The molecule has 0 atom stereocenters. The number of halogens is 3. The summed E-state index contributed by atoms with van der Waals surface area (Å²) >= 11 is 19.2. The third-order valence-electron chi connectivity index (χ3n) is 4.40. The quantitative estimate of drug-likeness (QED) is 0.313. The highest BCUT2D eigenvalue weighted by Gasteiger charge is 2.36. The van der Waals surface area contributed by atoms with Crippen LogP contribution in [0.2, 0.25) is 15.1 Å². The van der Waals surface area contributed by atoms with Crippen molar-refractivity contribution >= 4 is 69.8 Å². The molecule has 1 fully saturated rings. The number of amides is 2. The minimum absolute atomic E-state index is 0.123. The van der Waals surface area contributed by atoms with Gasteiger partial charge in [0.1, 0.15) is 13.2 Å². The fourth-order valence-corrected chi connectivity index (χ4v) is 4.45. The molecule has 1 aliphatic rings. The van der Waals surface area contributed by atoms with Gasteiger partial charge in [-0.15, -0.1) is 0 Å². The number of thioether (sulfide) groups is 1. The molecule has 33 heavy (non-hydrogen) atoms. The smallest absolute Gasteiger partial charge is 0.326 e. The zero-order valence-electron chi connectivity index (χ0n) is 17.5. The number of hydrogen-bond donors (Lipinski definition) is 0. The zero-order chi connectivity index (χ0) is 24.1. The molecule has 0 bridgehead atoms. The van der Waals surface area contributed by atoms with Gasteiger partial charge in [-0.25, -0.2) is 0 Å². The molecule has 0 saturated carbocycles. The summed E-state index contributed by atoms with van der Waals surface area (Å²) in [6, 6.07) is 8.24. The van der Waals surface area contributed by atoms with Crippen molar-refractivity contribution in [3.05, 3.63) is 61.4 Å². The molecule has 0 N–H and O–H groups in total. The monoisotopic (exact) mass is 529 g/mol. The molecule has 0 unspecified atom stereocenters. The van der Waals surface area contributed by atoms with E-state index < -0.39 is 23.7 Å². The first-order chi connectivity index (χ1) is 15.7. The maximum atomic E-state index is 12.6. The Kier molecular flexibility index (Phi) is 8.53. The Labute approximate surface area is 209 Å². The van der Waals surface area contributed by atoms with Gasteiger partial charge in [-0.3, -0.25) is 19.3 Å². The van der Waals surface area contributed by atoms with Crippen LogP contribution in [-0.4, -0.2) is 42.3 Å². The second-order valence-corrected chi connectivity index (χ2v) is 8.88. The van der Waals surface area contributed by atoms with E-state index in [1.807, 2.05) is 0 Å². The number of nitrogens with zero attached hydrogens (tertiary/aromatic N) is 1. The van der Waals surface area contributed by atoms with E-state index in [0.29, 0.717) is 26.9 Å². The average Bonchev–Trinajstić information content (AvgIpc) is 3.01. The van der Waals surface area contributed by atoms with E-state index in [0.717, 1.165) is 16.7 Å². The molecular formula is C22H18Cl3NO6S. The maximum Gasteiger partial charge on any atom is 0.326 e. The number of carbonyl (C=O) groups excluding carboxylic acids is 3. The molecule has 0 radical (unpaired) electrons. The molecule has 2 amide bonds. The van der Waals surface area contributed by atoms with Crippen molar-refractivity contribution in [1.29, 1.82) is 0 Å². The largest absolute Gasteiger partial charge is 0.493 e. The normalized spacial score (nSPS) is 14.7. The summed E-state index contributed by atoms with van der Waals surface area (Å²) in [5.41, 5.74) is 1.22. The molecule has 174 valence electrons. The Morgan fingerprint density at radius 2 is 1.88 bits per heavy atom. The van der Waals surface area contributed by atoms with Gasteiger partial charge in [0, 0.05) is 15.6 Å². The molecule has 2 aromatic rings. The second-order valence-electron chi connectivity index (χ2n) is 6.63. The first-order valence-electron chi connectivity index (χ1n) is 9.58. The van der Waals surface area contributed by atoms with E-state index >= 15 is 0 Å².